The molecule has 1 aromatic rings. The molecule has 1 rings (SSSR count). The maximum Gasteiger partial charge on any atom is 0.303 e. The van der Waals surface area contributed by atoms with Crippen LogP contribution in [0.3, 0.4) is 0 Å². The minimum absolute atomic E-state index is 0.0211. The van der Waals surface area contributed by atoms with Gasteiger partial charge in [0.1, 0.15) is 0 Å². The molecule has 0 aliphatic heterocycles. The number of nitrogen functional groups attached to an aromatic ring is 1. The Bertz CT molecular complexity index is 369. The van der Waals surface area contributed by atoms with Crippen LogP contribution < -0.4 is 15.2 Å². The first kappa shape index (κ1) is 12.0. The number of methoxy groups -OCH3 is 2. The third-order valence-corrected chi connectivity index (χ3v) is 1.92. The SMILES string of the molecule is COc1nc(N)nc(OC)c1CCC(=O)O. The summed E-state index contributed by atoms with van der Waals surface area (Å²) in [4.78, 5) is 18.2. The molecule has 0 aromatic carbocycles. The van der Waals surface area contributed by atoms with Crippen LogP contribution >= 0.6 is 0 Å². The predicted octanol–water partition coefficient (Wildman–Crippen LogP) is 0.0932. The second kappa shape index (κ2) is 5.15. The largest absolute Gasteiger partial charge is 0.481 e. The number of nitrogens with two attached hydrogens (primary N) is 1. The number of hydrogen-bond acceptors (Lipinski definition) is 6. The Kier molecular flexibility index (Phi) is 3.87. The normalized spacial score (nSPS) is 9.88. The van der Waals surface area contributed by atoms with E-state index in [2.05, 4.69) is 9.97 Å². The number of ether oxygens (including phenoxy) is 2. The lowest BCUT2D eigenvalue weighted by molar-refractivity contribution is -0.136. The van der Waals surface area contributed by atoms with Gasteiger partial charge in [-0.15, -0.1) is 0 Å². The van der Waals surface area contributed by atoms with E-state index in [0.29, 0.717) is 5.56 Å². The highest BCUT2D eigenvalue weighted by molar-refractivity contribution is 5.67. The molecule has 0 aliphatic rings. The zero-order chi connectivity index (χ0) is 12.1. The van der Waals surface area contributed by atoms with E-state index in [4.69, 9.17) is 20.3 Å². The molecule has 0 radical (unpaired) electrons. The van der Waals surface area contributed by atoms with Gasteiger partial charge in [-0.3, -0.25) is 4.79 Å². The fourth-order valence-corrected chi connectivity index (χ4v) is 1.24. The predicted molar refractivity (Wildman–Crippen MR) is 55.5 cm³/mol. The van der Waals surface area contributed by atoms with Crippen LogP contribution in [0.25, 0.3) is 0 Å². The molecule has 0 bridgehead atoms. The Hall–Kier alpha value is -2.05. The van der Waals surface area contributed by atoms with Crippen molar-refractivity contribution in [3.8, 4) is 11.8 Å². The molecule has 0 amide bonds. The first-order chi connectivity index (χ1) is 7.58. The molecule has 0 unspecified atom stereocenters. The maximum absolute atomic E-state index is 10.5. The first-order valence-corrected chi connectivity index (χ1v) is 4.54. The average molecular weight is 227 g/mol. The van der Waals surface area contributed by atoms with Gasteiger partial charge in [-0.05, 0) is 6.42 Å². The molecule has 88 valence electrons. The number of rotatable bonds is 5. The van der Waals surface area contributed by atoms with Gasteiger partial charge < -0.3 is 20.3 Å². The Morgan fingerprint density at radius 1 is 1.31 bits per heavy atom. The summed E-state index contributed by atoms with van der Waals surface area (Å²) >= 11 is 0. The zero-order valence-electron chi connectivity index (χ0n) is 9.06. The highest BCUT2D eigenvalue weighted by atomic mass is 16.5. The number of carboxylic acid groups (broad SMARTS) is 1. The molecular weight excluding hydrogens is 214 g/mol. The molecule has 7 nitrogen and oxygen atoms in total. The third kappa shape index (κ3) is 2.72. The lowest BCUT2D eigenvalue weighted by atomic mass is 10.1. The van der Waals surface area contributed by atoms with Gasteiger partial charge in [0.05, 0.1) is 19.8 Å². The van der Waals surface area contributed by atoms with Gasteiger partial charge in [-0.25, -0.2) is 0 Å². The van der Waals surface area contributed by atoms with Gasteiger partial charge in [0, 0.05) is 6.42 Å². The van der Waals surface area contributed by atoms with E-state index in [1.165, 1.54) is 14.2 Å². The molecule has 3 N–H and O–H groups in total. The van der Waals surface area contributed by atoms with Crippen molar-refractivity contribution in [3.63, 3.8) is 0 Å². The molecule has 7 heteroatoms. The third-order valence-electron chi connectivity index (χ3n) is 1.92. The second-order valence-corrected chi connectivity index (χ2v) is 2.97. The Balaban J connectivity index is 3.06. The molecule has 0 aliphatic carbocycles. The summed E-state index contributed by atoms with van der Waals surface area (Å²) in [6, 6.07) is 0. The molecule has 16 heavy (non-hydrogen) atoms. The number of nitrogens with zero attached hydrogens (tertiary/aromatic N) is 2. The Labute approximate surface area is 92.2 Å². The highest BCUT2D eigenvalue weighted by Gasteiger charge is 2.15. The summed E-state index contributed by atoms with van der Waals surface area (Å²) in [5.74, 6) is -0.412. The number of carbonyl (C=O) groups is 1. The van der Waals surface area contributed by atoms with Gasteiger partial charge in [0.2, 0.25) is 17.7 Å². The molecule has 0 saturated heterocycles. The van der Waals surface area contributed by atoms with Gasteiger partial charge >= 0.3 is 5.97 Å². The molecule has 1 heterocycles. The van der Waals surface area contributed by atoms with E-state index in [-0.39, 0.29) is 30.5 Å². The Morgan fingerprint density at radius 3 is 2.19 bits per heavy atom. The van der Waals surface area contributed by atoms with Gasteiger partial charge in [0.15, 0.2) is 0 Å². The fraction of sp³-hybridized carbons (Fsp3) is 0.444. The van der Waals surface area contributed by atoms with Crippen LogP contribution in [0.2, 0.25) is 0 Å². The van der Waals surface area contributed by atoms with Crippen LogP contribution in [-0.4, -0.2) is 35.3 Å². The van der Waals surface area contributed by atoms with Crippen LogP contribution in [-0.2, 0) is 11.2 Å². The van der Waals surface area contributed by atoms with E-state index >= 15 is 0 Å². The summed E-state index contributed by atoms with van der Waals surface area (Å²) in [5, 5.41) is 8.61. The molecule has 0 spiro atoms. The number of hydrogen-bond donors (Lipinski definition) is 2. The molecule has 0 fully saturated rings. The summed E-state index contributed by atoms with van der Waals surface area (Å²) < 4.78 is 9.99. The van der Waals surface area contributed by atoms with Crippen LogP contribution in [0, 0.1) is 0 Å². The molecular formula is C9H13N3O4. The van der Waals surface area contributed by atoms with Crippen molar-refractivity contribution in [3.05, 3.63) is 5.56 Å². The van der Waals surface area contributed by atoms with Crippen molar-refractivity contribution >= 4 is 11.9 Å². The lowest BCUT2D eigenvalue weighted by Gasteiger charge is -2.10. The van der Waals surface area contributed by atoms with Crippen molar-refractivity contribution in [1.82, 2.24) is 9.97 Å². The topological polar surface area (TPSA) is 108 Å². The minimum atomic E-state index is -0.916. The van der Waals surface area contributed by atoms with Crippen molar-refractivity contribution in [1.29, 1.82) is 0 Å². The van der Waals surface area contributed by atoms with Crippen LogP contribution in [0.1, 0.15) is 12.0 Å². The van der Waals surface area contributed by atoms with Gasteiger partial charge in [-0.2, -0.15) is 9.97 Å². The molecule has 0 atom stereocenters. The number of anilines is 1. The Morgan fingerprint density at radius 2 is 1.81 bits per heavy atom. The monoisotopic (exact) mass is 227 g/mol. The van der Waals surface area contributed by atoms with Crippen molar-refractivity contribution in [2.24, 2.45) is 0 Å². The van der Waals surface area contributed by atoms with Crippen LogP contribution in [0.5, 0.6) is 11.8 Å². The highest BCUT2D eigenvalue weighted by Crippen LogP contribution is 2.26. The second-order valence-electron chi connectivity index (χ2n) is 2.97. The summed E-state index contributed by atoms with van der Waals surface area (Å²) in [5.41, 5.74) is 5.94. The van der Waals surface area contributed by atoms with E-state index in [0.717, 1.165) is 0 Å². The minimum Gasteiger partial charge on any atom is -0.481 e. The lowest BCUT2D eigenvalue weighted by Crippen LogP contribution is -2.07. The summed E-state index contributed by atoms with van der Waals surface area (Å²) in [6.07, 6.45) is 0.169. The number of carboxylic acids is 1. The van der Waals surface area contributed by atoms with Crippen molar-refractivity contribution in [2.45, 2.75) is 12.8 Å². The summed E-state index contributed by atoms with van der Waals surface area (Å²) in [7, 11) is 2.84. The van der Waals surface area contributed by atoms with E-state index in [1.807, 2.05) is 0 Å². The van der Waals surface area contributed by atoms with Gasteiger partial charge in [-0.1, -0.05) is 0 Å². The number of aromatic nitrogens is 2. The van der Waals surface area contributed by atoms with Gasteiger partial charge in [0.25, 0.3) is 0 Å². The maximum atomic E-state index is 10.5. The quantitative estimate of drug-likeness (QED) is 0.734. The average Bonchev–Trinajstić information content (AvgIpc) is 2.25. The molecule has 1 aromatic heterocycles. The first-order valence-electron chi connectivity index (χ1n) is 4.54. The standard InChI is InChI=1S/C9H13N3O4/c1-15-7-5(3-4-6(13)14)8(16-2)12-9(10)11-7/h3-4H2,1-2H3,(H,13,14)(H2,10,11,12). The van der Waals surface area contributed by atoms with E-state index in [1.54, 1.807) is 0 Å². The van der Waals surface area contributed by atoms with E-state index < -0.39 is 5.97 Å². The van der Waals surface area contributed by atoms with E-state index in [9.17, 15) is 4.79 Å². The fourth-order valence-electron chi connectivity index (χ4n) is 1.24. The molecule has 0 saturated carbocycles. The van der Waals surface area contributed by atoms with Crippen LogP contribution in [0.15, 0.2) is 0 Å². The zero-order valence-corrected chi connectivity index (χ0v) is 9.06. The summed E-state index contributed by atoms with van der Waals surface area (Å²) in [6.45, 7) is 0. The van der Waals surface area contributed by atoms with Crippen molar-refractivity contribution in [2.75, 3.05) is 20.0 Å². The van der Waals surface area contributed by atoms with Crippen molar-refractivity contribution < 1.29 is 19.4 Å². The van der Waals surface area contributed by atoms with Crippen LogP contribution in [0.4, 0.5) is 5.95 Å². The number of aliphatic carboxylic acids is 1. The smallest absolute Gasteiger partial charge is 0.303 e.